The van der Waals surface area contributed by atoms with Crippen LogP contribution in [0.3, 0.4) is 0 Å². The molecular weight excluding hydrogens is 420 g/mol. The van der Waals surface area contributed by atoms with E-state index in [2.05, 4.69) is 9.71 Å². The Morgan fingerprint density at radius 1 is 1.07 bits per heavy atom. The Morgan fingerprint density at radius 3 is 2.32 bits per heavy atom. The van der Waals surface area contributed by atoms with Crippen molar-refractivity contribution in [3.8, 4) is 0 Å². The molecule has 2 aromatic carbocycles. The van der Waals surface area contributed by atoms with Gasteiger partial charge in [0.15, 0.2) is 20.5 Å². The van der Waals surface area contributed by atoms with E-state index >= 15 is 0 Å². The van der Waals surface area contributed by atoms with Crippen LogP contribution in [0.15, 0.2) is 76.8 Å². The third kappa shape index (κ3) is 4.71. The van der Waals surface area contributed by atoms with Crippen LogP contribution in [0.1, 0.15) is 15.9 Å². The number of rotatable bonds is 6. The number of pyridine rings is 1. The lowest BCUT2D eigenvalue weighted by atomic mass is 10.0. The number of carbonyl (C=O) groups excluding carboxylic acids is 1. The molecule has 3 rings (SSSR count). The normalized spacial score (nSPS) is 12.4. The number of sulfone groups is 1. The first-order chi connectivity index (χ1) is 13.3. The second-order valence-electron chi connectivity index (χ2n) is 5.87. The lowest BCUT2D eigenvalue weighted by Gasteiger charge is -2.15. The number of hydrogen-bond acceptors (Lipinski definition) is 6. The number of hydrogen-bond donors (Lipinski definition) is 1. The minimum Gasteiger partial charge on any atom is -0.588 e. The Kier molecular flexibility index (Phi) is 6.04. The smallest absolute Gasteiger partial charge is 0.195 e. The van der Waals surface area contributed by atoms with Crippen LogP contribution in [0.25, 0.3) is 0 Å². The van der Waals surface area contributed by atoms with Gasteiger partial charge < -0.3 is 4.55 Å². The summed E-state index contributed by atoms with van der Waals surface area (Å²) in [6.07, 6.45) is 4.11. The van der Waals surface area contributed by atoms with E-state index in [4.69, 9.17) is 11.6 Å². The maximum absolute atomic E-state index is 12.8. The lowest BCUT2D eigenvalue weighted by Crippen LogP contribution is -2.16. The zero-order chi connectivity index (χ0) is 20.3. The van der Waals surface area contributed by atoms with Gasteiger partial charge in [-0.05, 0) is 54.6 Å². The average Bonchev–Trinajstić information content (AvgIpc) is 2.69. The largest absolute Gasteiger partial charge is 0.588 e. The molecule has 1 atom stereocenters. The predicted octanol–water partition coefficient (Wildman–Crippen LogP) is 3.50. The number of nitrogens with one attached hydrogen (secondary N) is 1. The molecule has 3 aromatic rings. The molecule has 144 valence electrons. The molecular formula is C19H15ClN2O4S2. The lowest BCUT2D eigenvalue weighted by molar-refractivity contribution is 0.103. The summed E-state index contributed by atoms with van der Waals surface area (Å²) in [4.78, 5) is 17.2. The Hall–Kier alpha value is -2.39. The van der Waals surface area contributed by atoms with E-state index in [0.717, 1.165) is 6.26 Å². The molecule has 9 heteroatoms. The number of halogens is 1. The van der Waals surface area contributed by atoms with E-state index in [0.29, 0.717) is 21.2 Å². The zero-order valence-corrected chi connectivity index (χ0v) is 17.0. The number of aromatic nitrogens is 1. The van der Waals surface area contributed by atoms with Gasteiger partial charge in [0.25, 0.3) is 0 Å². The summed E-state index contributed by atoms with van der Waals surface area (Å²) in [6.45, 7) is 0. The molecule has 1 heterocycles. The Balaban J connectivity index is 1.89. The third-order valence-electron chi connectivity index (χ3n) is 3.84. The molecule has 28 heavy (non-hydrogen) atoms. The second kappa shape index (κ2) is 8.32. The summed E-state index contributed by atoms with van der Waals surface area (Å²) in [5.74, 6) is -0.295. The fraction of sp³-hybridized carbons (Fsp3) is 0.0526. The molecule has 6 nitrogen and oxygen atoms in total. The van der Waals surface area contributed by atoms with Crippen molar-refractivity contribution in [1.82, 2.24) is 4.98 Å². The van der Waals surface area contributed by atoms with Crippen LogP contribution in [-0.4, -0.2) is 30.0 Å². The molecule has 1 aromatic heterocycles. The Morgan fingerprint density at radius 2 is 1.71 bits per heavy atom. The van der Waals surface area contributed by atoms with Crippen LogP contribution >= 0.6 is 11.6 Å². The first-order valence-corrected chi connectivity index (χ1v) is 11.4. The fourth-order valence-corrected chi connectivity index (χ4v) is 4.10. The van der Waals surface area contributed by atoms with E-state index < -0.39 is 21.2 Å². The van der Waals surface area contributed by atoms with Crippen LogP contribution in [0, 0.1) is 0 Å². The highest BCUT2D eigenvalue weighted by molar-refractivity contribution is 7.92. The van der Waals surface area contributed by atoms with Gasteiger partial charge in [0.2, 0.25) is 0 Å². The van der Waals surface area contributed by atoms with Gasteiger partial charge >= 0.3 is 0 Å². The molecule has 0 saturated carbocycles. The quantitative estimate of drug-likeness (QED) is 0.470. The van der Waals surface area contributed by atoms with Gasteiger partial charge in [-0.15, -0.1) is 0 Å². The van der Waals surface area contributed by atoms with Crippen LogP contribution in [-0.2, 0) is 21.2 Å². The number of anilines is 1. The monoisotopic (exact) mass is 434 g/mol. The number of carbonyl (C=O) groups is 1. The molecule has 0 amide bonds. The average molecular weight is 435 g/mol. The van der Waals surface area contributed by atoms with Gasteiger partial charge in [0.1, 0.15) is 11.4 Å². The van der Waals surface area contributed by atoms with E-state index in [1.807, 2.05) is 0 Å². The van der Waals surface area contributed by atoms with Crippen molar-refractivity contribution in [1.29, 1.82) is 0 Å². The highest BCUT2D eigenvalue weighted by atomic mass is 35.5. The van der Waals surface area contributed by atoms with Gasteiger partial charge in [0, 0.05) is 29.2 Å². The maximum atomic E-state index is 12.8. The zero-order valence-electron chi connectivity index (χ0n) is 14.6. The van der Waals surface area contributed by atoms with E-state index in [1.165, 1.54) is 42.7 Å². The number of nitrogens with zero attached hydrogens (tertiary/aromatic N) is 1. The standard InChI is InChI=1S/C19H15ClN2O4S2/c1-28(25,26)16-5-3-15(4-6-16)27(24)22-18-7-2-14(20)12-17(18)19(23)13-8-10-21-11-9-13/h2-12,22H,1H3. The molecule has 0 fully saturated rings. The molecule has 0 saturated heterocycles. The first-order valence-electron chi connectivity index (χ1n) is 7.98. The van der Waals surface area contributed by atoms with E-state index in [9.17, 15) is 17.8 Å². The van der Waals surface area contributed by atoms with Crippen LogP contribution < -0.4 is 4.72 Å². The summed E-state index contributed by atoms with van der Waals surface area (Å²) >= 11 is 4.33. The Bertz CT molecular complexity index is 1100. The van der Waals surface area contributed by atoms with Gasteiger partial charge in [-0.3, -0.25) is 9.78 Å². The molecule has 0 spiro atoms. The topological polar surface area (TPSA) is 99.2 Å². The van der Waals surface area contributed by atoms with Crippen LogP contribution in [0.5, 0.6) is 0 Å². The van der Waals surface area contributed by atoms with Crippen LogP contribution in [0.4, 0.5) is 5.69 Å². The summed E-state index contributed by atoms with van der Waals surface area (Å²) < 4.78 is 38.5. The maximum Gasteiger partial charge on any atom is 0.195 e. The van der Waals surface area contributed by atoms with Crippen LogP contribution in [0.2, 0.25) is 5.02 Å². The van der Waals surface area contributed by atoms with Crippen molar-refractivity contribution in [3.05, 3.63) is 83.1 Å². The van der Waals surface area contributed by atoms with Crippen molar-refractivity contribution >= 4 is 44.3 Å². The second-order valence-corrected chi connectivity index (χ2v) is 9.53. The van der Waals surface area contributed by atoms with Gasteiger partial charge in [-0.25, -0.2) is 13.1 Å². The number of ketones is 1. The minimum atomic E-state index is -3.34. The van der Waals surface area contributed by atoms with Gasteiger partial charge in [-0.1, -0.05) is 11.6 Å². The van der Waals surface area contributed by atoms with Gasteiger partial charge in [-0.2, -0.15) is 0 Å². The minimum absolute atomic E-state index is 0.133. The van der Waals surface area contributed by atoms with Gasteiger partial charge in [0.05, 0.1) is 16.1 Å². The molecule has 1 N–H and O–H groups in total. The Labute approximate surface area is 170 Å². The molecule has 0 radical (unpaired) electrons. The van der Waals surface area contributed by atoms with Crippen molar-refractivity contribution in [2.24, 2.45) is 0 Å². The molecule has 1 unspecified atom stereocenters. The predicted molar refractivity (Wildman–Crippen MR) is 109 cm³/mol. The van der Waals surface area contributed by atoms with E-state index in [-0.39, 0.29) is 16.2 Å². The molecule has 0 aliphatic carbocycles. The van der Waals surface area contributed by atoms with Crippen molar-refractivity contribution in [3.63, 3.8) is 0 Å². The van der Waals surface area contributed by atoms with Crippen molar-refractivity contribution in [2.45, 2.75) is 9.79 Å². The summed E-state index contributed by atoms with van der Waals surface area (Å²) in [6, 6.07) is 13.5. The van der Waals surface area contributed by atoms with Crippen molar-refractivity contribution < 1.29 is 17.8 Å². The highest BCUT2D eigenvalue weighted by Gasteiger charge is 2.20. The summed E-state index contributed by atoms with van der Waals surface area (Å²) in [5, 5.41) is 0.367. The summed E-state index contributed by atoms with van der Waals surface area (Å²) in [7, 11) is -3.34. The third-order valence-corrected chi connectivity index (χ3v) is 6.31. The first kappa shape index (κ1) is 20.3. The highest BCUT2D eigenvalue weighted by Crippen LogP contribution is 2.26. The molecule has 0 aliphatic rings. The fourth-order valence-electron chi connectivity index (χ4n) is 2.42. The van der Waals surface area contributed by atoms with E-state index in [1.54, 1.807) is 24.3 Å². The SMILES string of the molecule is CS(=O)(=O)c1ccc([S+]([O-])Nc2ccc(Cl)cc2C(=O)c2ccncc2)cc1. The number of benzene rings is 2. The molecule has 0 aliphatic heterocycles. The summed E-state index contributed by atoms with van der Waals surface area (Å²) in [5.41, 5.74) is 1.03. The van der Waals surface area contributed by atoms with Crippen molar-refractivity contribution in [2.75, 3.05) is 11.0 Å². The molecule has 0 bridgehead atoms.